The van der Waals surface area contributed by atoms with Crippen molar-refractivity contribution in [3.05, 3.63) is 29.6 Å². The highest BCUT2D eigenvalue weighted by atomic mass is 19.4. The number of alkyl halides is 3. The maximum atomic E-state index is 13.2. The lowest BCUT2D eigenvalue weighted by atomic mass is 9.83. The van der Waals surface area contributed by atoms with Crippen molar-refractivity contribution in [2.75, 3.05) is 18.4 Å². The number of amides is 2. The van der Waals surface area contributed by atoms with Crippen molar-refractivity contribution in [1.82, 2.24) is 4.90 Å². The Labute approximate surface area is 173 Å². The van der Waals surface area contributed by atoms with Crippen LogP contribution >= 0.6 is 0 Å². The first kappa shape index (κ1) is 22.5. The van der Waals surface area contributed by atoms with Gasteiger partial charge in [0.05, 0.1) is 17.2 Å². The van der Waals surface area contributed by atoms with E-state index in [4.69, 9.17) is 5.73 Å². The van der Waals surface area contributed by atoms with E-state index in [0.29, 0.717) is 32.0 Å². The smallest absolute Gasteiger partial charge is 0.342 e. The van der Waals surface area contributed by atoms with Gasteiger partial charge in [0.1, 0.15) is 5.82 Å². The molecule has 2 atom stereocenters. The molecule has 3 N–H and O–H groups in total. The molecule has 1 aliphatic carbocycles. The Morgan fingerprint density at radius 1 is 1.10 bits per heavy atom. The minimum Gasteiger partial charge on any atom is -0.342 e. The van der Waals surface area contributed by atoms with Crippen molar-refractivity contribution < 1.29 is 27.2 Å². The minimum atomic E-state index is -4.77. The first-order valence-corrected chi connectivity index (χ1v) is 10.4. The summed E-state index contributed by atoms with van der Waals surface area (Å²) >= 11 is 0. The minimum absolute atomic E-state index is 0.0242. The van der Waals surface area contributed by atoms with Gasteiger partial charge >= 0.3 is 6.18 Å². The first-order valence-electron chi connectivity index (χ1n) is 10.4. The number of nitrogens with one attached hydrogen (secondary N) is 1. The third kappa shape index (κ3) is 5.50. The van der Waals surface area contributed by atoms with E-state index in [1.807, 2.05) is 0 Å². The largest absolute Gasteiger partial charge is 0.418 e. The summed E-state index contributed by atoms with van der Waals surface area (Å²) in [6.07, 6.45) is 0.220. The average molecular weight is 429 g/mol. The molecule has 1 aromatic carbocycles. The van der Waals surface area contributed by atoms with Gasteiger partial charge in [0.15, 0.2) is 0 Å². The molecule has 9 heteroatoms. The van der Waals surface area contributed by atoms with Crippen LogP contribution in [-0.4, -0.2) is 35.8 Å². The molecule has 2 amide bonds. The van der Waals surface area contributed by atoms with Crippen LogP contribution in [0.2, 0.25) is 0 Å². The zero-order chi connectivity index (χ0) is 21.9. The monoisotopic (exact) mass is 429 g/mol. The van der Waals surface area contributed by atoms with E-state index >= 15 is 0 Å². The molecule has 1 aromatic rings. The summed E-state index contributed by atoms with van der Waals surface area (Å²) in [6, 6.07) is 2.07. The number of rotatable bonds is 4. The number of hydrogen-bond donors (Lipinski definition) is 2. The van der Waals surface area contributed by atoms with E-state index in [9.17, 15) is 27.2 Å². The van der Waals surface area contributed by atoms with Crippen molar-refractivity contribution in [3.63, 3.8) is 0 Å². The molecule has 0 spiro atoms. The Bertz CT molecular complexity index is 776. The number of carbonyl (C=O) groups excluding carboxylic acids is 2. The molecule has 0 aromatic heterocycles. The summed E-state index contributed by atoms with van der Waals surface area (Å²) in [5.41, 5.74) is 4.44. The number of hydrogen-bond acceptors (Lipinski definition) is 3. The molecule has 2 fully saturated rings. The van der Waals surface area contributed by atoms with Crippen molar-refractivity contribution in [1.29, 1.82) is 0 Å². The van der Waals surface area contributed by atoms with Gasteiger partial charge in [-0.3, -0.25) is 9.59 Å². The quantitative estimate of drug-likeness (QED) is 0.713. The number of piperidine rings is 1. The normalized spacial score (nSPS) is 23.3. The predicted molar refractivity (Wildman–Crippen MR) is 104 cm³/mol. The van der Waals surface area contributed by atoms with Gasteiger partial charge in [-0.1, -0.05) is 12.8 Å². The highest BCUT2D eigenvalue weighted by molar-refractivity contribution is 5.91. The molecule has 1 heterocycles. The summed E-state index contributed by atoms with van der Waals surface area (Å²) in [5, 5.41) is 2.26. The topological polar surface area (TPSA) is 75.4 Å². The number of carbonyl (C=O) groups is 2. The molecule has 2 aliphatic rings. The average Bonchev–Trinajstić information content (AvgIpc) is 2.69. The summed E-state index contributed by atoms with van der Waals surface area (Å²) in [5.74, 6) is -1.66. The van der Waals surface area contributed by atoms with Gasteiger partial charge in [-0.25, -0.2) is 4.39 Å². The highest BCUT2D eigenvalue weighted by Crippen LogP contribution is 2.35. The van der Waals surface area contributed by atoms with Crippen LogP contribution in [0.5, 0.6) is 0 Å². The van der Waals surface area contributed by atoms with Crippen LogP contribution < -0.4 is 11.1 Å². The zero-order valence-electron chi connectivity index (χ0n) is 16.7. The lowest BCUT2D eigenvalue weighted by Gasteiger charge is -2.37. The van der Waals surface area contributed by atoms with E-state index in [2.05, 4.69) is 5.32 Å². The number of benzene rings is 1. The SMILES string of the molecule is NC1CCCCC1C(=O)N1CCC(CC(=O)Nc2ccc(F)cc2C(F)(F)F)CC1. The number of halogens is 4. The third-order valence-corrected chi connectivity index (χ3v) is 6.10. The Morgan fingerprint density at radius 2 is 1.77 bits per heavy atom. The van der Waals surface area contributed by atoms with Crippen LogP contribution in [0, 0.1) is 17.7 Å². The predicted octanol–water partition coefficient (Wildman–Crippen LogP) is 3.93. The molecular formula is C21H27F4N3O2. The maximum absolute atomic E-state index is 13.2. The Morgan fingerprint density at radius 3 is 2.40 bits per heavy atom. The summed E-state index contributed by atoms with van der Waals surface area (Å²) in [4.78, 5) is 26.8. The number of nitrogens with zero attached hydrogens (tertiary/aromatic N) is 1. The Hall–Kier alpha value is -2.16. The second-order valence-corrected chi connectivity index (χ2v) is 8.26. The maximum Gasteiger partial charge on any atom is 0.418 e. The van der Waals surface area contributed by atoms with Crippen LogP contribution in [-0.2, 0) is 15.8 Å². The molecule has 1 saturated carbocycles. The van der Waals surface area contributed by atoms with Crippen LogP contribution in [0.3, 0.4) is 0 Å². The van der Waals surface area contributed by atoms with E-state index in [0.717, 1.165) is 37.8 Å². The second kappa shape index (κ2) is 9.32. The van der Waals surface area contributed by atoms with E-state index in [1.165, 1.54) is 0 Å². The lowest BCUT2D eigenvalue weighted by molar-refractivity contribution is -0.138. The Kier molecular flexibility index (Phi) is 7.00. The Balaban J connectivity index is 1.52. The third-order valence-electron chi connectivity index (χ3n) is 6.10. The number of anilines is 1. The molecule has 166 valence electrons. The molecule has 2 unspecified atom stereocenters. The van der Waals surface area contributed by atoms with E-state index in [1.54, 1.807) is 4.90 Å². The van der Waals surface area contributed by atoms with Gasteiger partial charge in [0.2, 0.25) is 11.8 Å². The second-order valence-electron chi connectivity index (χ2n) is 8.26. The molecule has 0 bridgehead atoms. The molecule has 0 radical (unpaired) electrons. The highest BCUT2D eigenvalue weighted by Gasteiger charge is 2.35. The molecular weight excluding hydrogens is 402 g/mol. The van der Waals surface area contributed by atoms with Crippen molar-refractivity contribution in [3.8, 4) is 0 Å². The molecule has 1 aliphatic heterocycles. The molecule has 5 nitrogen and oxygen atoms in total. The van der Waals surface area contributed by atoms with Gasteiger partial charge in [-0.05, 0) is 49.8 Å². The number of nitrogens with two attached hydrogens (primary N) is 1. The van der Waals surface area contributed by atoms with Crippen LogP contribution in [0.25, 0.3) is 0 Å². The van der Waals surface area contributed by atoms with E-state index in [-0.39, 0.29) is 30.2 Å². The van der Waals surface area contributed by atoms with Crippen molar-refractivity contribution in [2.45, 2.75) is 57.2 Å². The van der Waals surface area contributed by atoms with Gasteiger partial charge in [0.25, 0.3) is 0 Å². The van der Waals surface area contributed by atoms with Crippen molar-refractivity contribution in [2.24, 2.45) is 17.6 Å². The van der Waals surface area contributed by atoms with Gasteiger partial charge in [-0.15, -0.1) is 0 Å². The summed E-state index contributed by atoms with van der Waals surface area (Å²) in [6.45, 7) is 1.04. The van der Waals surface area contributed by atoms with Crippen LogP contribution in [0.1, 0.15) is 50.5 Å². The summed E-state index contributed by atoms with van der Waals surface area (Å²) < 4.78 is 52.4. The van der Waals surface area contributed by atoms with Gasteiger partial charge < -0.3 is 16.0 Å². The lowest BCUT2D eigenvalue weighted by Crippen LogP contribution is -2.48. The fourth-order valence-electron chi connectivity index (χ4n) is 4.38. The van der Waals surface area contributed by atoms with Crippen molar-refractivity contribution >= 4 is 17.5 Å². The molecule has 30 heavy (non-hydrogen) atoms. The molecule has 3 rings (SSSR count). The molecule has 1 saturated heterocycles. The first-order chi connectivity index (χ1) is 14.1. The standard InChI is InChI=1S/C21H27F4N3O2/c22-14-5-6-18(16(12-14)21(23,24)25)27-19(29)11-13-7-9-28(10-8-13)20(30)15-3-1-2-4-17(15)26/h5-6,12-13,15,17H,1-4,7-11,26H2,(H,27,29). The summed E-state index contributed by atoms with van der Waals surface area (Å²) in [7, 11) is 0. The van der Waals surface area contributed by atoms with E-state index < -0.39 is 29.2 Å². The van der Waals surface area contributed by atoms with Crippen LogP contribution in [0.4, 0.5) is 23.2 Å². The zero-order valence-corrected chi connectivity index (χ0v) is 16.7. The van der Waals surface area contributed by atoms with Gasteiger partial charge in [-0.2, -0.15) is 13.2 Å². The fourth-order valence-corrected chi connectivity index (χ4v) is 4.38. The van der Waals surface area contributed by atoms with Crippen LogP contribution in [0.15, 0.2) is 18.2 Å². The van der Waals surface area contributed by atoms with Gasteiger partial charge in [0, 0.05) is 25.6 Å². The number of likely N-dealkylation sites (tertiary alicyclic amines) is 1. The fraction of sp³-hybridized carbons (Fsp3) is 0.619.